The Labute approximate surface area is 158 Å². The van der Waals surface area contributed by atoms with E-state index in [0.717, 1.165) is 17.7 Å². The number of carbonyl (C=O) groups excluding carboxylic acids is 1. The number of hydrogen-bond donors (Lipinski definition) is 1. The van der Waals surface area contributed by atoms with Crippen molar-refractivity contribution in [1.29, 1.82) is 0 Å². The van der Waals surface area contributed by atoms with Gasteiger partial charge in [0.15, 0.2) is 0 Å². The zero-order valence-corrected chi connectivity index (χ0v) is 16.2. The monoisotopic (exact) mass is 390 g/mol. The lowest BCUT2D eigenvalue weighted by atomic mass is 10.3. The molecule has 1 fully saturated rings. The molecule has 1 atom stereocenters. The third kappa shape index (κ3) is 4.47. The summed E-state index contributed by atoms with van der Waals surface area (Å²) < 4.78 is 26.5. The van der Waals surface area contributed by atoms with E-state index >= 15 is 0 Å². The molecule has 0 saturated carbocycles. The van der Waals surface area contributed by atoms with Crippen LogP contribution in [-0.4, -0.2) is 37.0 Å². The largest absolute Gasteiger partial charge is 0.325 e. The first-order valence-electron chi connectivity index (χ1n) is 8.59. The number of hydrogen-bond acceptors (Lipinski definition) is 4. The van der Waals surface area contributed by atoms with E-state index in [1.54, 1.807) is 24.3 Å². The van der Waals surface area contributed by atoms with Gasteiger partial charge in [0.05, 0.1) is 10.1 Å². The van der Waals surface area contributed by atoms with Crippen molar-refractivity contribution in [2.75, 3.05) is 18.4 Å². The van der Waals surface area contributed by atoms with Gasteiger partial charge in [0.25, 0.3) is 0 Å². The fourth-order valence-electron chi connectivity index (χ4n) is 2.79. The van der Waals surface area contributed by atoms with Crippen molar-refractivity contribution in [2.24, 2.45) is 0 Å². The van der Waals surface area contributed by atoms with Crippen LogP contribution in [0.3, 0.4) is 0 Å². The van der Waals surface area contributed by atoms with Crippen LogP contribution in [-0.2, 0) is 14.8 Å². The highest BCUT2D eigenvalue weighted by Crippen LogP contribution is 2.25. The van der Waals surface area contributed by atoms with Crippen molar-refractivity contribution in [3.05, 3.63) is 54.6 Å². The molecule has 2 aromatic carbocycles. The minimum Gasteiger partial charge on any atom is -0.325 e. The molecule has 0 spiro atoms. The van der Waals surface area contributed by atoms with Gasteiger partial charge in [-0.3, -0.25) is 4.79 Å². The number of nitrogens with zero attached hydrogens (tertiary/aromatic N) is 1. The summed E-state index contributed by atoms with van der Waals surface area (Å²) in [5.41, 5.74) is 0.593. The molecule has 3 rings (SSSR count). The van der Waals surface area contributed by atoms with E-state index in [0.29, 0.717) is 18.8 Å². The van der Waals surface area contributed by atoms with Crippen LogP contribution in [0.25, 0.3) is 0 Å². The van der Waals surface area contributed by atoms with E-state index in [9.17, 15) is 13.2 Å². The Morgan fingerprint density at radius 2 is 1.65 bits per heavy atom. The molecule has 0 radical (unpaired) electrons. The van der Waals surface area contributed by atoms with E-state index in [1.807, 2.05) is 37.3 Å². The molecule has 1 N–H and O–H groups in total. The molecular weight excluding hydrogens is 368 g/mol. The van der Waals surface area contributed by atoms with Crippen molar-refractivity contribution in [2.45, 2.75) is 34.8 Å². The second-order valence-electron chi connectivity index (χ2n) is 6.20. The minimum absolute atomic E-state index is 0.117. The molecule has 1 aliphatic heterocycles. The van der Waals surface area contributed by atoms with Crippen LogP contribution in [0, 0.1) is 0 Å². The molecule has 1 heterocycles. The maximum atomic E-state index is 12.5. The van der Waals surface area contributed by atoms with Crippen LogP contribution < -0.4 is 5.32 Å². The number of benzene rings is 2. The zero-order chi connectivity index (χ0) is 18.6. The molecule has 1 amide bonds. The van der Waals surface area contributed by atoms with Gasteiger partial charge in [0.1, 0.15) is 0 Å². The topological polar surface area (TPSA) is 66.5 Å². The SMILES string of the molecule is C[C@@H](Sc1ccccc1)C(=O)Nc1ccc(S(=O)(=O)N2CCCC2)cc1. The van der Waals surface area contributed by atoms with E-state index in [2.05, 4.69) is 5.32 Å². The Balaban J connectivity index is 1.62. The number of anilines is 1. The van der Waals surface area contributed by atoms with Gasteiger partial charge in [-0.05, 0) is 56.2 Å². The highest BCUT2D eigenvalue weighted by molar-refractivity contribution is 8.00. The molecule has 1 saturated heterocycles. The predicted octanol–water partition coefficient (Wildman–Crippen LogP) is 3.59. The van der Waals surface area contributed by atoms with Gasteiger partial charge < -0.3 is 5.32 Å². The number of thioether (sulfide) groups is 1. The highest BCUT2D eigenvalue weighted by Gasteiger charge is 2.27. The zero-order valence-electron chi connectivity index (χ0n) is 14.6. The lowest BCUT2D eigenvalue weighted by molar-refractivity contribution is -0.115. The van der Waals surface area contributed by atoms with Gasteiger partial charge in [-0.2, -0.15) is 4.31 Å². The molecule has 5 nitrogen and oxygen atoms in total. The highest BCUT2D eigenvalue weighted by atomic mass is 32.2. The average Bonchev–Trinajstić information content (AvgIpc) is 3.18. The third-order valence-electron chi connectivity index (χ3n) is 4.25. The van der Waals surface area contributed by atoms with Crippen LogP contribution in [0.1, 0.15) is 19.8 Å². The summed E-state index contributed by atoms with van der Waals surface area (Å²) in [6.45, 7) is 3.00. The van der Waals surface area contributed by atoms with Crippen LogP contribution in [0.2, 0.25) is 0 Å². The molecule has 0 aliphatic carbocycles. The minimum atomic E-state index is -3.42. The molecular formula is C19H22N2O3S2. The third-order valence-corrected chi connectivity index (χ3v) is 7.27. The molecule has 7 heteroatoms. The van der Waals surface area contributed by atoms with Crippen LogP contribution in [0.5, 0.6) is 0 Å². The van der Waals surface area contributed by atoms with Crippen molar-refractivity contribution < 1.29 is 13.2 Å². The van der Waals surface area contributed by atoms with Crippen molar-refractivity contribution in [3.63, 3.8) is 0 Å². The van der Waals surface area contributed by atoms with E-state index < -0.39 is 10.0 Å². The predicted molar refractivity (Wildman–Crippen MR) is 105 cm³/mol. The van der Waals surface area contributed by atoms with Gasteiger partial charge in [0, 0.05) is 23.7 Å². The number of nitrogens with one attached hydrogen (secondary N) is 1. The first-order chi connectivity index (χ1) is 12.5. The number of rotatable bonds is 6. The van der Waals surface area contributed by atoms with Gasteiger partial charge in [-0.25, -0.2) is 8.42 Å². The fourth-order valence-corrected chi connectivity index (χ4v) is 5.19. The summed E-state index contributed by atoms with van der Waals surface area (Å²) in [5.74, 6) is -0.117. The fraction of sp³-hybridized carbons (Fsp3) is 0.316. The van der Waals surface area contributed by atoms with Gasteiger partial charge in [-0.1, -0.05) is 18.2 Å². The van der Waals surface area contributed by atoms with Crippen LogP contribution >= 0.6 is 11.8 Å². The molecule has 26 heavy (non-hydrogen) atoms. The Bertz CT molecular complexity index is 846. The lowest BCUT2D eigenvalue weighted by Crippen LogP contribution is -2.27. The van der Waals surface area contributed by atoms with Crippen LogP contribution in [0.15, 0.2) is 64.4 Å². The van der Waals surface area contributed by atoms with Crippen molar-refractivity contribution in [3.8, 4) is 0 Å². The van der Waals surface area contributed by atoms with Gasteiger partial charge >= 0.3 is 0 Å². The molecule has 138 valence electrons. The van der Waals surface area contributed by atoms with Gasteiger partial charge in [0.2, 0.25) is 15.9 Å². The number of amides is 1. The van der Waals surface area contributed by atoms with Crippen molar-refractivity contribution in [1.82, 2.24) is 4.31 Å². The van der Waals surface area contributed by atoms with E-state index in [1.165, 1.54) is 16.1 Å². The second-order valence-corrected chi connectivity index (χ2v) is 9.55. The second kappa shape index (κ2) is 8.24. The maximum Gasteiger partial charge on any atom is 0.243 e. The first kappa shape index (κ1) is 18.9. The Kier molecular flexibility index (Phi) is 6.01. The Hall–Kier alpha value is -1.83. The molecule has 0 aromatic heterocycles. The molecule has 0 unspecified atom stereocenters. The summed E-state index contributed by atoms with van der Waals surface area (Å²) in [5, 5.41) is 2.58. The van der Waals surface area contributed by atoms with E-state index in [4.69, 9.17) is 0 Å². The standard InChI is InChI=1S/C19H22N2O3S2/c1-15(25-17-7-3-2-4-8-17)19(22)20-16-9-11-18(12-10-16)26(23,24)21-13-5-6-14-21/h2-4,7-12,15H,5-6,13-14H2,1H3,(H,20,22)/t15-/m1/s1. The van der Waals surface area contributed by atoms with E-state index in [-0.39, 0.29) is 16.1 Å². The molecule has 2 aromatic rings. The molecule has 1 aliphatic rings. The summed E-state index contributed by atoms with van der Waals surface area (Å²) in [6, 6.07) is 16.1. The smallest absolute Gasteiger partial charge is 0.243 e. The maximum absolute atomic E-state index is 12.5. The first-order valence-corrected chi connectivity index (χ1v) is 10.9. The Morgan fingerprint density at radius 3 is 2.27 bits per heavy atom. The van der Waals surface area contributed by atoms with Gasteiger partial charge in [-0.15, -0.1) is 11.8 Å². The summed E-state index contributed by atoms with van der Waals surface area (Å²) in [7, 11) is -3.42. The number of sulfonamides is 1. The summed E-state index contributed by atoms with van der Waals surface area (Å²) in [4.78, 5) is 13.6. The summed E-state index contributed by atoms with van der Waals surface area (Å²) >= 11 is 1.48. The quantitative estimate of drug-likeness (QED) is 0.766. The lowest BCUT2D eigenvalue weighted by Gasteiger charge is -2.16. The normalized spacial score (nSPS) is 16.3. The van der Waals surface area contributed by atoms with Crippen molar-refractivity contribution >= 4 is 33.4 Å². The number of carbonyl (C=O) groups is 1. The molecule has 0 bridgehead atoms. The average molecular weight is 391 g/mol. The summed E-state index contributed by atoms with van der Waals surface area (Å²) in [6.07, 6.45) is 1.81. The van der Waals surface area contributed by atoms with Crippen LogP contribution in [0.4, 0.5) is 5.69 Å². The Morgan fingerprint density at radius 1 is 1.04 bits per heavy atom.